The molecule has 0 heterocycles. The number of benzene rings is 2. The number of nitrogens with zero attached hydrogens (tertiary/aromatic N) is 4. The van der Waals surface area contributed by atoms with E-state index in [0.717, 1.165) is 31.3 Å². The zero-order chi connectivity index (χ0) is 21.2. The van der Waals surface area contributed by atoms with Crippen LogP contribution >= 0.6 is 0 Å². The lowest BCUT2D eigenvalue weighted by molar-refractivity contribution is -0.384. The van der Waals surface area contributed by atoms with Gasteiger partial charge < -0.3 is 10.0 Å². The molecule has 0 unspecified atom stereocenters. The number of aromatic carboxylic acids is 1. The highest BCUT2D eigenvalue weighted by Crippen LogP contribution is 2.30. The normalized spacial score (nSPS) is 11.0. The molecule has 0 aliphatic rings. The highest BCUT2D eigenvalue weighted by molar-refractivity contribution is 5.89. The zero-order valence-electron chi connectivity index (χ0n) is 16.7. The van der Waals surface area contributed by atoms with Crippen LogP contribution in [0, 0.1) is 10.1 Å². The van der Waals surface area contributed by atoms with E-state index in [4.69, 9.17) is 5.11 Å². The van der Waals surface area contributed by atoms with Crippen molar-refractivity contribution >= 4 is 28.7 Å². The lowest BCUT2D eigenvalue weighted by Gasteiger charge is -2.23. The third kappa shape index (κ3) is 6.38. The smallest absolute Gasteiger partial charge is 0.335 e. The molecule has 8 heteroatoms. The van der Waals surface area contributed by atoms with Crippen molar-refractivity contribution in [2.45, 2.75) is 39.5 Å². The number of carboxylic acid groups (broad SMARTS) is 1. The highest BCUT2D eigenvalue weighted by atomic mass is 16.6. The Morgan fingerprint density at radius 2 is 1.79 bits per heavy atom. The lowest BCUT2D eigenvalue weighted by atomic mass is 10.2. The quantitative estimate of drug-likeness (QED) is 0.212. The summed E-state index contributed by atoms with van der Waals surface area (Å²) in [5.41, 5.74) is 1.11. The summed E-state index contributed by atoms with van der Waals surface area (Å²) in [7, 11) is 0. The third-order valence-corrected chi connectivity index (χ3v) is 4.57. The van der Waals surface area contributed by atoms with E-state index in [1.54, 1.807) is 0 Å². The maximum atomic E-state index is 11.2. The second kappa shape index (κ2) is 10.9. The van der Waals surface area contributed by atoms with Crippen LogP contribution in [0.25, 0.3) is 0 Å². The molecule has 0 bridgehead atoms. The fourth-order valence-electron chi connectivity index (χ4n) is 2.93. The SMILES string of the molecule is CCCCCCN(CC)c1ccc(N=Nc2ccc(C(=O)O)cc2[N+](=O)[O-])cc1. The van der Waals surface area contributed by atoms with E-state index >= 15 is 0 Å². The summed E-state index contributed by atoms with van der Waals surface area (Å²) in [6.45, 7) is 6.22. The van der Waals surface area contributed by atoms with Crippen molar-refractivity contribution in [1.82, 2.24) is 0 Å². The Morgan fingerprint density at radius 1 is 1.07 bits per heavy atom. The number of unbranched alkanes of at least 4 members (excludes halogenated alkanes) is 3. The Kier molecular flexibility index (Phi) is 8.27. The van der Waals surface area contributed by atoms with Crippen LogP contribution in [0.15, 0.2) is 52.7 Å². The molecule has 0 atom stereocenters. The maximum Gasteiger partial charge on any atom is 0.335 e. The average Bonchev–Trinajstić information content (AvgIpc) is 2.72. The van der Waals surface area contributed by atoms with Crippen LogP contribution in [0.1, 0.15) is 49.9 Å². The number of carboxylic acids is 1. The topological polar surface area (TPSA) is 108 Å². The van der Waals surface area contributed by atoms with Crippen molar-refractivity contribution in [2.24, 2.45) is 10.2 Å². The summed E-state index contributed by atoms with van der Waals surface area (Å²) in [6.07, 6.45) is 4.83. The highest BCUT2D eigenvalue weighted by Gasteiger charge is 2.17. The third-order valence-electron chi connectivity index (χ3n) is 4.57. The Balaban J connectivity index is 2.12. The van der Waals surface area contributed by atoms with Crippen molar-refractivity contribution < 1.29 is 14.8 Å². The molecule has 0 aliphatic heterocycles. The molecule has 0 aromatic heterocycles. The van der Waals surface area contributed by atoms with Gasteiger partial charge in [0.15, 0.2) is 5.69 Å². The minimum absolute atomic E-state index is 0.00943. The van der Waals surface area contributed by atoms with Gasteiger partial charge in [-0.15, -0.1) is 5.11 Å². The largest absolute Gasteiger partial charge is 0.478 e. The lowest BCUT2D eigenvalue weighted by Crippen LogP contribution is -2.23. The molecule has 29 heavy (non-hydrogen) atoms. The van der Waals surface area contributed by atoms with Gasteiger partial charge in [-0.1, -0.05) is 26.2 Å². The zero-order valence-corrected chi connectivity index (χ0v) is 16.7. The number of nitro groups is 1. The summed E-state index contributed by atoms with van der Waals surface area (Å²) in [5, 5.41) is 28.2. The van der Waals surface area contributed by atoms with E-state index in [0.29, 0.717) is 5.69 Å². The standard InChI is InChI=1S/C21H26N4O4/c1-3-5-6-7-14-24(4-2)18-11-9-17(10-12-18)22-23-19-13-8-16(21(26)27)15-20(19)25(28)29/h8-13,15H,3-7,14H2,1-2H3,(H,26,27). The van der Waals surface area contributed by atoms with Crippen molar-refractivity contribution in [1.29, 1.82) is 0 Å². The van der Waals surface area contributed by atoms with Crippen LogP contribution in [0.2, 0.25) is 0 Å². The summed E-state index contributed by atoms with van der Waals surface area (Å²) in [5.74, 6) is -1.23. The van der Waals surface area contributed by atoms with Gasteiger partial charge in [-0.05, 0) is 49.7 Å². The molecular formula is C21H26N4O4. The summed E-state index contributed by atoms with van der Waals surface area (Å²) < 4.78 is 0. The van der Waals surface area contributed by atoms with Gasteiger partial charge in [-0.2, -0.15) is 5.11 Å². The molecule has 2 rings (SSSR count). The van der Waals surface area contributed by atoms with Gasteiger partial charge in [0.2, 0.25) is 0 Å². The number of anilines is 1. The van der Waals surface area contributed by atoms with Gasteiger partial charge in [0.05, 0.1) is 16.2 Å². The van der Waals surface area contributed by atoms with E-state index < -0.39 is 16.6 Å². The van der Waals surface area contributed by atoms with Crippen molar-refractivity contribution in [3.8, 4) is 0 Å². The number of hydrogen-bond acceptors (Lipinski definition) is 6. The van der Waals surface area contributed by atoms with Gasteiger partial charge in [-0.25, -0.2) is 4.79 Å². The molecule has 0 saturated carbocycles. The first-order valence-corrected chi connectivity index (χ1v) is 9.74. The number of nitro benzene ring substituents is 1. The Bertz CT molecular complexity index is 865. The first-order valence-electron chi connectivity index (χ1n) is 9.74. The molecule has 0 aliphatic carbocycles. The Hall–Kier alpha value is -3.29. The molecule has 2 aromatic carbocycles. The van der Waals surface area contributed by atoms with Crippen LogP contribution < -0.4 is 4.90 Å². The fraction of sp³-hybridized carbons (Fsp3) is 0.381. The first-order chi connectivity index (χ1) is 14.0. The average molecular weight is 398 g/mol. The van der Waals surface area contributed by atoms with E-state index in [2.05, 4.69) is 29.0 Å². The molecule has 0 amide bonds. The van der Waals surface area contributed by atoms with Crippen LogP contribution in [0.3, 0.4) is 0 Å². The second-order valence-electron chi connectivity index (χ2n) is 6.62. The van der Waals surface area contributed by atoms with Crippen molar-refractivity contribution in [3.05, 3.63) is 58.1 Å². The van der Waals surface area contributed by atoms with Gasteiger partial charge >= 0.3 is 5.97 Å². The van der Waals surface area contributed by atoms with Gasteiger partial charge in [0.25, 0.3) is 5.69 Å². The molecule has 0 fully saturated rings. The number of hydrogen-bond donors (Lipinski definition) is 1. The van der Waals surface area contributed by atoms with E-state index in [9.17, 15) is 14.9 Å². The molecule has 8 nitrogen and oxygen atoms in total. The predicted molar refractivity (Wildman–Crippen MR) is 113 cm³/mol. The molecule has 0 radical (unpaired) electrons. The molecule has 1 N–H and O–H groups in total. The minimum Gasteiger partial charge on any atom is -0.478 e. The van der Waals surface area contributed by atoms with Gasteiger partial charge in [-0.3, -0.25) is 10.1 Å². The molecule has 2 aromatic rings. The van der Waals surface area contributed by atoms with E-state index in [-0.39, 0.29) is 11.3 Å². The molecule has 0 saturated heterocycles. The molecule has 154 valence electrons. The summed E-state index contributed by atoms with van der Waals surface area (Å²) >= 11 is 0. The Morgan fingerprint density at radius 3 is 2.38 bits per heavy atom. The second-order valence-corrected chi connectivity index (χ2v) is 6.62. The number of rotatable bonds is 11. The van der Waals surface area contributed by atoms with E-state index in [1.807, 2.05) is 24.3 Å². The van der Waals surface area contributed by atoms with Gasteiger partial charge in [0, 0.05) is 24.8 Å². The number of azo groups is 1. The van der Waals surface area contributed by atoms with Crippen molar-refractivity contribution in [3.63, 3.8) is 0 Å². The number of carbonyl (C=O) groups is 1. The van der Waals surface area contributed by atoms with Crippen LogP contribution in [0.5, 0.6) is 0 Å². The van der Waals surface area contributed by atoms with Crippen LogP contribution in [-0.2, 0) is 0 Å². The van der Waals surface area contributed by atoms with E-state index in [1.165, 1.54) is 31.4 Å². The van der Waals surface area contributed by atoms with Gasteiger partial charge in [0.1, 0.15) is 0 Å². The maximum absolute atomic E-state index is 11.2. The van der Waals surface area contributed by atoms with Crippen LogP contribution in [0.4, 0.5) is 22.7 Å². The molecular weight excluding hydrogens is 372 g/mol. The van der Waals surface area contributed by atoms with Crippen LogP contribution in [-0.4, -0.2) is 29.1 Å². The summed E-state index contributed by atoms with van der Waals surface area (Å²) in [6, 6.07) is 11.1. The predicted octanol–water partition coefficient (Wildman–Crippen LogP) is 6.12. The summed E-state index contributed by atoms with van der Waals surface area (Å²) in [4.78, 5) is 23.8. The fourth-order valence-corrected chi connectivity index (χ4v) is 2.93. The minimum atomic E-state index is -1.23. The molecule has 0 spiro atoms. The Labute approximate surface area is 170 Å². The van der Waals surface area contributed by atoms with Crippen molar-refractivity contribution in [2.75, 3.05) is 18.0 Å². The first kappa shape index (κ1) is 22.0. The monoisotopic (exact) mass is 398 g/mol.